The zero-order chi connectivity index (χ0) is 39.1. The fraction of sp³-hybridized carbons (Fsp3) is 0.0667. The highest BCUT2D eigenvalue weighted by Crippen LogP contribution is 2.51. The maximum atomic E-state index is 16.6. The first-order chi connectivity index (χ1) is 26.7. The van der Waals surface area contributed by atoms with E-state index in [0.29, 0.717) is 43.6 Å². The molecule has 0 saturated carbocycles. The Hall–Kier alpha value is -6.49. The first-order valence-electron chi connectivity index (χ1n) is 17.3. The number of benzene rings is 7. The zero-order valence-corrected chi connectivity index (χ0v) is 28.7. The molecule has 7 aromatic carbocycles. The summed E-state index contributed by atoms with van der Waals surface area (Å²) in [4.78, 5) is 0. The second-order valence-corrected chi connectivity index (χ2v) is 13.4. The number of halogens is 9. The van der Waals surface area contributed by atoms with Crippen LogP contribution >= 0.6 is 0 Å². The van der Waals surface area contributed by atoms with Gasteiger partial charge in [-0.05, 0) is 65.7 Å². The molecule has 56 heavy (non-hydrogen) atoms. The van der Waals surface area contributed by atoms with Crippen molar-refractivity contribution in [2.45, 2.75) is 18.5 Å². The van der Waals surface area contributed by atoms with E-state index in [2.05, 4.69) is 0 Å². The number of nitrogens with zero attached hydrogens (tertiary/aromatic N) is 2. The molecule has 0 spiro atoms. The highest BCUT2D eigenvalue weighted by Gasteiger charge is 2.42. The molecule has 0 aliphatic heterocycles. The molecule has 2 aromatic heterocycles. The van der Waals surface area contributed by atoms with Gasteiger partial charge >= 0.3 is 18.5 Å². The van der Waals surface area contributed by atoms with Crippen LogP contribution in [0.5, 0.6) is 0 Å². The van der Waals surface area contributed by atoms with E-state index in [1.807, 2.05) is 0 Å². The Bertz CT molecular complexity index is 2700. The average Bonchev–Trinajstić information content (AvgIpc) is 3.69. The summed E-state index contributed by atoms with van der Waals surface area (Å²) in [6.45, 7) is 0. The molecule has 278 valence electrons. The van der Waals surface area contributed by atoms with Crippen LogP contribution in [0.4, 0.5) is 39.5 Å². The Labute approximate surface area is 312 Å². The van der Waals surface area contributed by atoms with Gasteiger partial charge in [-0.3, -0.25) is 0 Å². The number of aromatic nitrogens is 2. The molecule has 0 unspecified atom stereocenters. The first kappa shape index (κ1) is 35.2. The maximum Gasteiger partial charge on any atom is 0.420 e. The van der Waals surface area contributed by atoms with Crippen molar-refractivity contribution in [1.29, 1.82) is 0 Å². The van der Waals surface area contributed by atoms with E-state index in [1.54, 1.807) is 97.1 Å². The van der Waals surface area contributed by atoms with Gasteiger partial charge in [-0.1, -0.05) is 97.1 Å². The van der Waals surface area contributed by atoms with E-state index in [9.17, 15) is 26.3 Å². The van der Waals surface area contributed by atoms with Crippen LogP contribution in [0.3, 0.4) is 0 Å². The molecule has 11 heteroatoms. The number of para-hydroxylation sites is 4. The molecule has 0 bridgehead atoms. The third kappa shape index (κ3) is 5.60. The molecule has 9 rings (SSSR count). The third-order valence-electron chi connectivity index (χ3n) is 10.2. The fourth-order valence-corrected chi connectivity index (χ4v) is 7.89. The normalized spacial score (nSPS) is 12.7. The summed E-state index contributed by atoms with van der Waals surface area (Å²) in [6, 6.07) is 36.3. The van der Waals surface area contributed by atoms with E-state index in [1.165, 1.54) is 27.3 Å². The standard InChI is InChI=1S/C45H25F9N2/c46-43(47,48)28-13-9-11-26(23-28)34-25-35(27-12-10-14-29(24-27)44(49,50)51)42(56-38-21-7-3-17-32(38)33-18-4-8-22-39(33)56)40(45(52,53)54)41(34)55-36-19-5-1-15-30(36)31-16-2-6-20-37(31)55/h1-25H. The maximum absolute atomic E-state index is 16.6. The molecule has 9 aromatic rings. The van der Waals surface area contributed by atoms with Crippen molar-refractivity contribution in [1.82, 2.24) is 9.13 Å². The summed E-state index contributed by atoms with van der Waals surface area (Å²) < 4.78 is 138. The highest BCUT2D eigenvalue weighted by atomic mass is 19.4. The van der Waals surface area contributed by atoms with Crippen LogP contribution in [0.25, 0.3) is 77.2 Å². The van der Waals surface area contributed by atoms with E-state index < -0.39 is 46.6 Å². The van der Waals surface area contributed by atoms with Crippen LogP contribution in [0.1, 0.15) is 16.7 Å². The van der Waals surface area contributed by atoms with Gasteiger partial charge in [0.25, 0.3) is 0 Å². The Morgan fingerprint density at radius 2 is 0.643 bits per heavy atom. The number of fused-ring (bicyclic) bond motifs is 6. The Morgan fingerprint density at radius 3 is 0.946 bits per heavy atom. The smallest absolute Gasteiger partial charge is 0.308 e. The largest absolute Gasteiger partial charge is 0.420 e. The Balaban J connectivity index is 1.58. The van der Waals surface area contributed by atoms with Gasteiger partial charge < -0.3 is 9.13 Å². The van der Waals surface area contributed by atoms with Gasteiger partial charge in [0.15, 0.2) is 0 Å². The van der Waals surface area contributed by atoms with Gasteiger partial charge in [0.1, 0.15) is 5.56 Å². The molecule has 0 N–H and O–H groups in total. The predicted octanol–water partition coefficient (Wildman–Crippen LogP) is 14.3. The molecular formula is C45H25F9N2. The van der Waals surface area contributed by atoms with Crippen LogP contribution in [0.2, 0.25) is 0 Å². The molecule has 0 fully saturated rings. The zero-order valence-electron chi connectivity index (χ0n) is 28.7. The molecule has 2 nitrogen and oxygen atoms in total. The summed E-state index contributed by atoms with van der Waals surface area (Å²) in [5, 5.41) is 2.36. The lowest BCUT2D eigenvalue weighted by Crippen LogP contribution is -2.18. The molecule has 0 aliphatic carbocycles. The van der Waals surface area contributed by atoms with Crippen molar-refractivity contribution in [3.8, 4) is 33.6 Å². The van der Waals surface area contributed by atoms with E-state index in [-0.39, 0.29) is 22.3 Å². The topological polar surface area (TPSA) is 9.86 Å². The first-order valence-corrected chi connectivity index (χ1v) is 17.3. The van der Waals surface area contributed by atoms with Gasteiger partial charge in [0, 0.05) is 32.7 Å². The van der Waals surface area contributed by atoms with Gasteiger partial charge in [0.05, 0.1) is 44.6 Å². The molecule has 0 saturated heterocycles. The lowest BCUT2D eigenvalue weighted by atomic mass is 9.89. The second kappa shape index (κ2) is 12.5. The summed E-state index contributed by atoms with van der Waals surface area (Å²) >= 11 is 0. The van der Waals surface area contributed by atoms with Crippen molar-refractivity contribution in [3.63, 3.8) is 0 Å². The Morgan fingerprint density at radius 1 is 0.321 bits per heavy atom. The van der Waals surface area contributed by atoms with Gasteiger partial charge in [-0.2, -0.15) is 39.5 Å². The van der Waals surface area contributed by atoms with E-state index in [0.717, 1.165) is 36.4 Å². The van der Waals surface area contributed by atoms with Crippen molar-refractivity contribution in [2.75, 3.05) is 0 Å². The molecule has 0 atom stereocenters. The van der Waals surface area contributed by atoms with Crippen LogP contribution < -0.4 is 0 Å². The highest BCUT2D eigenvalue weighted by molar-refractivity contribution is 6.12. The lowest BCUT2D eigenvalue weighted by Gasteiger charge is -2.27. The fourth-order valence-electron chi connectivity index (χ4n) is 7.89. The SMILES string of the molecule is FC(F)(F)c1cccc(-c2cc(-c3cccc(C(F)(F)F)c3)c(-n3c4ccccc4c4ccccc43)c(C(F)(F)F)c2-n2c3ccccc3c3ccccc32)c1. The lowest BCUT2D eigenvalue weighted by molar-refractivity contribution is -0.138. The van der Waals surface area contributed by atoms with Crippen LogP contribution in [-0.2, 0) is 18.5 Å². The summed E-state index contributed by atoms with van der Waals surface area (Å²) in [5.41, 5.74) is -4.05. The molecule has 0 amide bonds. The third-order valence-corrected chi connectivity index (χ3v) is 10.2. The second-order valence-electron chi connectivity index (χ2n) is 13.4. The molecular weight excluding hydrogens is 739 g/mol. The van der Waals surface area contributed by atoms with Crippen molar-refractivity contribution >= 4 is 43.6 Å². The summed E-state index contributed by atoms with van der Waals surface area (Å²) in [6.07, 6.45) is -15.0. The minimum absolute atomic E-state index is 0.218. The molecule has 0 radical (unpaired) electrons. The average molecular weight is 765 g/mol. The Kier molecular flexibility index (Phi) is 7.88. The summed E-state index contributed by atoms with van der Waals surface area (Å²) in [5.74, 6) is 0. The number of alkyl halides is 9. The van der Waals surface area contributed by atoms with Crippen molar-refractivity contribution in [2.24, 2.45) is 0 Å². The van der Waals surface area contributed by atoms with Gasteiger partial charge in [-0.15, -0.1) is 0 Å². The predicted molar refractivity (Wildman–Crippen MR) is 201 cm³/mol. The summed E-state index contributed by atoms with van der Waals surface area (Å²) in [7, 11) is 0. The quantitative estimate of drug-likeness (QED) is 0.158. The van der Waals surface area contributed by atoms with E-state index >= 15 is 13.2 Å². The molecule has 0 aliphatic rings. The van der Waals surface area contributed by atoms with Crippen LogP contribution in [0.15, 0.2) is 152 Å². The number of hydrogen-bond acceptors (Lipinski definition) is 0. The van der Waals surface area contributed by atoms with Crippen LogP contribution in [0, 0.1) is 0 Å². The van der Waals surface area contributed by atoms with E-state index in [4.69, 9.17) is 0 Å². The van der Waals surface area contributed by atoms with Crippen molar-refractivity contribution < 1.29 is 39.5 Å². The minimum atomic E-state index is -5.24. The molecule has 2 heterocycles. The number of hydrogen-bond donors (Lipinski definition) is 0. The number of rotatable bonds is 4. The van der Waals surface area contributed by atoms with Crippen molar-refractivity contribution in [3.05, 3.63) is 168 Å². The minimum Gasteiger partial charge on any atom is -0.308 e. The van der Waals surface area contributed by atoms with Crippen LogP contribution in [-0.4, -0.2) is 9.13 Å². The van der Waals surface area contributed by atoms with Gasteiger partial charge in [0.2, 0.25) is 0 Å². The van der Waals surface area contributed by atoms with Gasteiger partial charge in [-0.25, -0.2) is 0 Å². The monoisotopic (exact) mass is 764 g/mol.